The number of morpholine rings is 1. The van der Waals surface area contributed by atoms with Gasteiger partial charge in [-0.1, -0.05) is 35.7 Å². The molecule has 1 aromatic rings. The standard InChI is InChI=1S/C16H21Cl2N3O.HI/c17-12-2-3-13(14(18)10-12)16(4-1-5-16)11-20-15(19)21-6-8-22-9-7-21;/h2-3,10H,1,4-9,11H2,(H2,19,20);1H. The van der Waals surface area contributed by atoms with Gasteiger partial charge in [-0.3, -0.25) is 4.99 Å². The van der Waals surface area contributed by atoms with E-state index in [1.54, 1.807) is 0 Å². The Labute approximate surface area is 164 Å². The Morgan fingerprint density at radius 2 is 1.96 bits per heavy atom. The Kier molecular flexibility index (Phi) is 6.83. The zero-order valence-corrected chi connectivity index (χ0v) is 16.8. The minimum Gasteiger partial charge on any atom is -0.378 e. The maximum atomic E-state index is 6.40. The number of hydrogen-bond donors (Lipinski definition) is 1. The number of rotatable bonds is 3. The third-order valence-corrected chi connectivity index (χ3v) is 5.24. The fraction of sp³-hybridized carbons (Fsp3) is 0.562. The average Bonchev–Trinajstić information content (AvgIpc) is 2.48. The highest BCUT2D eigenvalue weighted by molar-refractivity contribution is 14.0. The number of nitrogens with zero attached hydrogens (tertiary/aromatic N) is 2. The molecule has 1 aliphatic carbocycles. The second-order valence-corrected chi connectivity index (χ2v) is 6.88. The van der Waals surface area contributed by atoms with E-state index in [0.717, 1.165) is 36.5 Å². The first kappa shape index (κ1) is 19.1. The van der Waals surface area contributed by atoms with Crippen molar-refractivity contribution in [1.29, 1.82) is 0 Å². The molecule has 23 heavy (non-hydrogen) atoms. The smallest absolute Gasteiger partial charge is 0.191 e. The Balaban J connectivity index is 0.00000192. The molecule has 3 rings (SSSR count). The van der Waals surface area contributed by atoms with Gasteiger partial charge in [0.05, 0.1) is 19.8 Å². The maximum absolute atomic E-state index is 6.40. The molecular weight excluding hydrogens is 448 g/mol. The second-order valence-electron chi connectivity index (χ2n) is 6.03. The van der Waals surface area contributed by atoms with E-state index in [1.165, 1.54) is 6.42 Å². The van der Waals surface area contributed by atoms with E-state index in [9.17, 15) is 0 Å². The third-order valence-electron chi connectivity index (χ3n) is 4.69. The molecule has 0 spiro atoms. The van der Waals surface area contributed by atoms with Crippen molar-refractivity contribution in [3.05, 3.63) is 33.8 Å². The lowest BCUT2D eigenvalue weighted by molar-refractivity contribution is 0.0673. The van der Waals surface area contributed by atoms with Gasteiger partial charge in [0, 0.05) is 28.5 Å². The predicted molar refractivity (Wildman–Crippen MR) is 106 cm³/mol. The summed E-state index contributed by atoms with van der Waals surface area (Å²) in [7, 11) is 0. The summed E-state index contributed by atoms with van der Waals surface area (Å²) in [6, 6.07) is 5.75. The minimum atomic E-state index is 0. The number of guanidine groups is 1. The lowest BCUT2D eigenvalue weighted by Gasteiger charge is -2.42. The van der Waals surface area contributed by atoms with E-state index in [4.69, 9.17) is 33.7 Å². The van der Waals surface area contributed by atoms with Gasteiger partial charge in [-0.15, -0.1) is 24.0 Å². The molecule has 128 valence electrons. The number of benzene rings is 1. The predicted octanol–water partition coefficient (Wildman–Crippen LogP) is 3.68. The molecule has 7 heteroatoms. The first-order chi connectivity index (χ1) is 10.6. The van der Waals surface area contributed by atoms with Crippen LogP contribution in [0.4, 0.5) is 0 Å². The average molecular weight is 470 g/mol. The molecule has 1 aromatic carbocycles. The van der Waals surface area contributed by atoms with Gasteiger partial charge in [-0.05, 0) is 30.5 Å². The van der Waals surface area contributed by atoms with Crippen molar-refractivity contribution in [3.63, 3.8) is 0 Å². The summed E-state index contributed by atoms with van der Waals surface area (Å²) in [6.45, 7) is 3.72. The summed E-state index contributed by atoms with van der Waals surface area (Å²) in [4.78, 5) is 6.74. The third kappa shape index (κ3) is 4.24. The van der Waals surface area contributed by atoms with Crippen molar-refractivity contribution in [2.45, 2.75) is 24.7 Å². The number of nitrogens with two attached hydrogens (primary N) is 1. The van der Waals surface area contributed by atoms with Crippen molar-refractivity contribution >= 4 is 53.1 Å². The van der Waals surface area contributed by atoms with E-state index >= 15 is 0 Å². The largest absolute Gasteiger partial charge is 0.378 e. The monoisotopic (exact) mass is 469 g/mol. The molecule has 0 amide bonds. The second kappa shape index (κ2) is 8.23. The molecule has 1 aliphatic heterocycles. The van der Waals surface area contributed by atoms with Gasteiger partial charge >= 0.3 is 0 Å². The lowest BCUT2D eigenvalue weighted by Crippen LogP contribution is -2.46. The highest BCUT2D eigenvalue weighted by atomic mass is 127. The molecule has 1 heterocycles. The minimum absolute atomic E-state index is 0. The summed E-state index contributed by atoms with van der Waals surface area (Å²) in [6.07, 6.45) is 3.38. The number of hydrogen-bond acceptors (Lipinski definition) is 2. The van der Waals surface area contributed by atoms with Gasteiger partial charge in [0.25, 0.3) is 0 Å². The van der Waals surface area contributed by atoms with Crippen LogP contribution >= 0.6 is 47.2 Å². The highest BCUT2D eigenvalue weighted by Crippen LogP contribution is 2.47. The summed E-state index contributed by atoms with van der Waals surface area (Å²) >= 11 is 12.4. The van der Waals surface area contributed by atoms with Crippen LogP contribution in [0, 0.1) is 0 Å². The quantitative estimate of drug-likeness (QED) is 0.417. The van der Waals surface area contributed by atoms with Crippen molar-refractivity contribution in [1.82, 2.24) is 4.90 Å². The lowest BCUT2D eigenvalue weighted by atomic mass is 9.64. The molecule has 2 fully saturated rings. The maximum Gasteiger partial charge on any atom is 0.191 e. The van der Waals surface area contributed by atoms with Crippen LogP contribution in [0.15, 0.2) is 23.2 Å². The molecule has 0 radical (unpaired) electrons. The van der Waals surface area contributed by atoms with Gasteiger partial charge in [0.2, 0.25) is 0 Å². The molecule has 1 saturated carbocycles. The van der Waals surface area contributed by atoms with Crippen LogP contribution in [0.25, 0.3) is 0 Å². The SMILES string of the molecule is I.NC(=NCC1(c2ccc(Cl)cc2Cl)CCC1)N1CCOCC1. The Hall–Kier alpha value is -0.240. The van der Waals surface area contributed by atoms with Crippen LogP contribution in [-0.2, 0) is 10.2 Å². The number of halogens is 3. The summed E-state index contributed by atoms with van der Waals surface area (Å²) in [5, 5.41) is 1.40. The first-order valence-electron chi connectivity index (χ1n) is 7.69. The van der Waals surface area contributed by atoms with Crippen LogP contribution in [0.5, 0.6) is 0 Å². The molecule has 2 N–H and O–H groups in total. The van der Waals surface area contributed by atoms with Crippen LogP contribution < -0.4 is 5.73 Å². The van der Waals surface area contributed by atoms with Crippen LogP contribution in [-0.4, -0.2) is 43.7 Å². The van der Waals surface area contributed by atoms with Gasteiger partial charge in [-0.2, -0.15) is 0 Å². The van der Waals surface area contributed by atoms with Crippen LogP contribution in [0.3, 0.4) is 0 Å². The molecule has 2 aliphatic rings. The molecule has 1 saturated heterocycles. The van der Waals surface area contributed by atoms with Crippen molar-refractivity contribution < 1.29 is 4.74 Å². The molecule has 0 unspecified atom stereocenters. The summed E-state index contributed by atoms with van der Waals surface area (Å²) < 4.78 is 5.34. The molecule has 0 atom stereocenters. The van der Waals surface area contributed by atoms with Crippen LogP contribution in [0.2, 0.25) is 10.0 Å². The Bertz CT molecular complexity index is 572. The van der Waals surface area contributed by atoms with Gasteiger partial charge < -0.3 is 15.4 Å². The van der Waals surface area contributed by atoms with Gasteiger partial charge in [-0.25, -0.2) is 0 Å². The fourth-order valence-corrected chi connectivity index (χ4v) is 3.77. The number of ether oxygens (including phenoxy) is 1. The Morgan fingerprint density at radius 1 is 1.26 bits per heavy atom. The highest BCUT2D eigenvalue weighted by Gasteiger charge is 2.40. The normalized spacial score (nSPS) is 20.6. The fourth-order valence-electron chi connectivity index (χ4n) is 3.16. The van der Waals surface area contributed by atoms with Gasteiger partial charge in [0.1, 0.15) is 0 Å². The van der Waals surface area contributed by atoms with E-state index < -0.39 is 0 Å². The molecule has 0 bridgehead atoms. The van der Waals surface area contributed by atoms with Gasteiger partial charge in [0.15, 0.2) is 5.96 Å². The van der Waals surface area contributed by atoms with E-state index in [0.29, 0.717) is 30.7 Å². The van der Waals surface area contributed by atoms with E-state index in [1.807, 2.05) is 18.2 Å². The zero-order valence-electron chi connectivity index (χ0n) is 12.9. The molecule has 4 nitrogen and oxygen atoms in total. The molecular formula is C16H22Cl2IN3O. The zero-order chi connectivity index (χ0) is 15.6. The molecule has 0 aromatic heterocycles. The van der Waals surface area contributed by atoms with E-state index in [-0.39, 0.29) is 29.4 Å². The van der Waals surface area contributed by atoms with Crippen molar-refractivity contribution in [2.75, 3.05) is 32.8 Å². The first-order valence-corrected chi connectivity index (χ1v) is 8.44. The summed E-state index contributed by atoms with van der Waals surface area (Å²) in [5.41, 5.74) is 7.30. The topological polar surface area (TPSA) is 50.8 Å². The van der Waals surface area contributed by atoms with Crippen LogP contribution in [0.1, 0.15) is 24.8 Å². The summed E-state index contributed by atoms with van der Waals surface area (Å²) in [5.74, 6) is 0.611. The van der Waals surface area contributed by atoms with Crippen molar-refractivity contribution in [2.24, 2.45) is 10.7 Å². The van der Waals surface area contributed by atoms with Crippen molar-refractivity contribution in [3.8, 4) is 0 Å². The van der Waals surface area contributed by atoms with E-state index in [2.05, 4.69) is 9.89 Å². The Morgan fingerprint density at radius 3 is 2.52 bits per heavy atom. The number of aliphatic imine (C=N–C) groups is 1.